The number of hydrogen-bond acceptors (Lipinski definition) is 5. The van der Waals surface area contributed by atoms with Crippen LogP contribution >= 0.6 is 0 Å². The molecular weight excluding hydrogens is 995 g/mol. The molecule has 6 nitrogen and oxygen atoms in total. The van der Waals surface area contributed by atoms with E-state index in [9.17, 15) is 19.8 Å². The largest absolute Gasteiger partial charge is 0.466 e. The van der Waals surface area contributed by atoms with E-state index in [1.165, 1.54) is 321 Å². The SMILES string of the molecule is CCCCCCC/C=C\CCCCCCCC(=O)OCCCCCCCCCCC/C=C\C/C=C\CCCCCCCCCCCCCCCCCC(=O)NC(CO)C(O)CCCCCCCCCCCCCCCCCCCCC. The Balaban J connectivity index is 3.39. The summed E-state index contributed by atoms with van der Waals surface area (Å²) < 4.78 is 5.48. The molecule has 0 rings (SSSR count). The third kappa shape index (κ3) is 67.1. The highest BCUT2D eigenvalue weighted by Crippen LogP contribution is 2.19. The van der Waals surface area contributed by atoms with Crippen LogP contribution in [0.1, 0.15) is 406 Å². The monoisotopic (exact) mass is 1140 g/mol. The van der Waals surface area contributed by atoms with Crippen molar-refractivity contribution in [3.8, 4) is 0 Å². The number of aliphatic hydroxyl groups is 2. The molecule has 1 amide bonds. The number of carbonyl (C=O) groups is 2. The number of ether oxygens (including phenoxy) is 1. The van der Waals surface area contributed by atoms with Gasteiger partial charge in [0, 0.05) is 12.8 Å². The zero-order chi connectivity index (χ0) is 58.5. The second-order valence-corrected chi connectivity index (χ2v) is 25.3. The van der Waals surface area contributed by atoms with Gasteiger partial charge >= 0.3 is 5.97 Å². The summed E-state index contributed by atoms with van der Waals surface area (Å²) in [7, 11) is 0. The van der Waals surface area contributed by atoms with Gasteiger partial charge in [-0.2, -0.15) is 0 Å². The Morgan fingerprint density at radius 2 is 0.617 bits per heavy atom. The van der Waals surface area contributed by atoms with Gasteiger partial charge in [0.1, 0.15) is 0 Å². The molecule has 2 atom stereocenters. The molecule has 478 valence electrons. The molecule has 2 unspecified atom stereocenters. The number of nitrogens with one attached hydrogen (secondary N) is 1. The second kappa shape index (κ2) is 70.6. The predicted octanol–water partition coefficient (Wildman–Crippen LogP) is 23.9. The third-order valence-corrected chi connectivity index (χ3v) is 17.2. The highest BCUT2D eigenvalue weighted by molar-refractivity contribution is 5.76. The number of amides is 1. The topological polar surface area (TPSA) is 95.9 Å². The van der Waals surface area contributed by atoms with E-state index in [1.54, 1.807) is 0 Å². The van der Waals surface area contributed by atoms with Gasteiger partial charge in [-0.3, -0.25) is 9.59 Å². The first-order valence-corrected chi connectivity index (χ1v) is 36.7. The molecule has 0 spiro atoms. The molecule has 0 fully saturated rings. The smallest absolute Gasteiger partial charge is 0.305 e. The standard InChI is InChI=1S/C75H143NO5/c1-3-5-7-9-11-13-15-17-19-20-34-37-40-43-47-51-55-59-63-67-73(78)72(71-77)76-74(79)68-64-60-56-52-48-44-41-38-35-32-30-28-26-24-22-21-23-25-27-29-31-33-36-39-42-46-50-54-58-62-66-70-81-75(80)69-65-61-57-53-49-45-18-16-14-12-10-8-6-4-2/h16,18,23,25,29,31,72-73,77-78H,3-15,17,19-22,24,26-28,30,32-71H2,1-2H3,(H,76,79)/b18-16-,25-23-,31-29-. The minimum atomic E-state index is -0.665. The molecule has 0 bridgehead atoms. The Labute approximate surface area is 506 Å². The third-order valence-electron chi connectivity index (χ3n) is 17.2. The highest BCUT2D eigenvalue weighted by Gasteiger charge is 2.20. The lowest BCUT2D eigenvalue weighted by Gasteiger charge is -2.22. The first-order valence-electron chi connectivity index (χ1n) is 36.7. The van der Waals surface area contributed by atoms with Gasteiger partial charge in [-0.05, 0) is 83.5 Å². The fourth-order valence-corrected chi connectivity index (χ4v) is 11.6. The number of aliphatic hydroxyl groups excluding tert-OH is 2. The van der Waals surface area contributed by atoms with Gasteiger partial charge in [-0.25, -0.2) is 0 Å². The van der Waals surface area contributed by atoms with E-state index in [4.69, 9.17) is 4.74 Å². The Hall–Kier alpha value is -1.92. The molecule has 0 aromatic rings. The molecule has 0 saturated heterocycles. The summed E-state index contributed by atoms with van der Waals surface area (Å²) in [4.78, 5) is 24.6. The average molecular weight is 1140 g/mol. The highest BCUT2D eigenvalue weighted by atomic mass is 16.5. The van der Waals surface area contributed by atoms with Crippen LogP contribution in [0.2, 0.25) is 0 Å². The first kappa shape index (κ1) is 79.1. The zero-order valence-corrected chi connectivity index (χ0v) is 54.8. The summed E-state index contributed by atoms with van der Waals surface area (Å²) in [5.41, 5.74) is 0. The van der Waals surface area contributed by atoms with E-state index in [2.05, 4.69) is 55.6 Å². The van der Waals surface area contributed by atoms with Crippen LogP contribution in [0, 0.1) is 0 Å². The quantitative estimate of drug-likeness (QED) is 0.0320. The molecule has 0 aliphatic carbocycles. The molecule has 6 heteroatoms. The lowest BCUT2D eigenvalue weighted by molar-refractivity contribution is -0.143. The maximum atomic E-state index is 12.5. The van der Waals surface area contributed by atoms with Crippen molar-refractivity contribution < 1.29 is 24.5 Å². The van der Waals surface area contributed by atoms with Crippen LogP contribution in [0.3, 0.4) is 0 Å². The summed E-state index contributed by atoms with van der Waals surface area (Å²) in [6.07, 6.45) is 90.6. The summed E-state index contributed by atoms with van der Waals surface area (Å²) in [5, 5.41) is 23.4. The molecule has 0 aromatic heterocycles. The molecule has 81 heavy (non-hydrogen) atoms. The van der Waals surface area contributed by atoms with Gasteiger partial charge in [0.25, 0.3) is 0 Å². The minimum absolute atomic E-state index is 0.00511. The Kier molecular flexibility index (Phi) is 68.9. The predicted molar refractivity (Wildman–Crippen MR) is 356 cm³/mol. The van der Waals surface area contributed by atoms with Crippen molar-refractivity contribution in [2.75, 3.05) is 13.2 Å². The van der Waals surface area contributed by atoms with Gasteiger partial charge in [-0.1, -0.05) is 346 Å². The van der Waals surface area contributed by atoms with Gasteiger partial charge in [0.2, 0.25) is 5.91 Å². The number of allylic oxidation sites excluding steroid dienone is 6. The fourth-order valence-electron chi connectivity index (χ4n) is 11.6. The Bertz CT molecular complexity index is 1310. The molecule has 0 aliphatic heterocycles. The van der Waals surface area contributed by atoms with Gasteiger partial charge < -0.3 is 20.3 Å². The molecular formula is C75H143NO5. The second-order valence-electron chi connectivity index (χ2n) is 25.3. The van der Waals surface area contributed by atoms with Crippen molar-refractivity contribution in [3.63, 3.8) is 0 Å². The Morgan fingerprint density at radius 3 is 0.951 bits per heavy atom. The normalized spacial score (nSPS) is 12.7. The van der Waals surface area contributed by atoms with Crippen LogP contribution in [0.5, 0.6) is 0 Å². The van der Waals surface area contributed by atoms with E-state index in [-0.39, 0.29) is 18.5 Å². The molecule has 0 aliphatic rings. The van der Waals surface area contributed by atoms with Crippen LogP contribution in [0.15, 0.2) is 36.5 Å². The minimum Gasteiger partial charge on any atom is -0.466 e. The first-order chi connectivity index (χ1) is 40.0. The summed E-state index contributed by atoms with van der Waals surface area (Å²) in [5.74, 6) is -0.0254. The maximum Gasteiger partial charge on any atom is 0.305 e. The number of esters is 1. The summed E-state index contributed by atoms with van der Waals surface area (Å²) in [6, 6.07) is -0.542. The number of rotatable bonds is 69. The van der Waals surface area contributed by atoms with E-state index in [0.717, 1.165) is 51.4 Å². The molecule has 0 heterocycles. The lowest BCUT2D eigenvalue weighted by Crippen LogP contribution is -2.45. The molecule has 0 saturated carbocycles. The Morgan fingerprint density at radius 1 is 0.346 bits per heavy atom. The zero-order valence-electron chi connectivity index (χ0n) is 54.8. The van der Waals surface area contributed by atoms with Crippen molar-refractivity contribution in [1.82, 2.24) is 5.32 Å². The van der Waals surface area contributed by atoms with Gasteiger partial charge in [0.05, 0.1) is 25.4 Å². The maximum absolute atomic E-state index is 12.5. The molecule has 0 aromatic carbocycles. The van der Waals surface area contributed by atoms with Crippen LogP contribution in [-0.2, 0) is 14.3 Å². The van der Waals surface area contributed by atoms with Crippen molar-refractivity contribution in [1.29, 1.82) is 0 Å². The van der Waals surface area contributed by atoms with Crippen LogP contribution in [-0.4, -0.2) is 47.4 Å². The van der Waals surface area contributed by atoms with Crippen molar-refractivity contribution in [2.24, 2.45) is 0 Å². The number of carbonyl (C=O) groups excluding carboxylic acids is 2. The van der Waals surface area contributed by atoms with Crippen LogP contribution in [0.25, 0.3) is 0 Å². The van der Waals surface area contributed by atoms with Crippen molar-refractivity contribution in [2.45, 2.75) is 418 Å². The lowest BCUT2D eigenvalue weighted by atomic mass is 10.0. The van der Waals surface area contributed by atoms with Crippen LogP contribution < -0.4 is 5.32 Å². The van der Waals surface area contributed by atoms with Crippen molar-refractivity contribution in [3.05, 3.63) is 36.5 Å². The van der Waals surface area contributed by atoms with Crippen molar-refractivity contribution >= 4 is 11.9 Å². The summed E-state index contributed by atoms with van der Waals surface area (Å²) in [6.45, 7) is 4.97. The van der Waals surface area contributed by atoms with Gasteiger partial charge in [-0.15, -0.1) is 0 Å². The number of unbranched alkanes of at least 4 members (excludes halogenated alkanes) is 52. The average Bonchev–Trinajstić information content (AvgIpc) is 3.47. The molecule has 0 radical (unpaired) electrons. The number of hydrogen-bond donors (Lipinski definition) is 3. The van der Waals surface area contributed by atoms with E-state index in [0.29, 0.717) is 25.9 Å². The van der Waals surface area contributed by atoms with E-state index in [1.807, 2.05) is 0 Å². The molecule has 3 N–H and O–H groups in total. The fraction of sp³-hybridized carbons (Fsp3) is 0.893. The van der Waals surface area contributed by atoms with E-state index >= 15 is 0 Å². The summed E-state index contributed by atoms with van der Waals surface area (Å²) >= 11 is 0. The van der Waals surface area contributed by atoms with E-state index < -0.39 is 12.1 Å². The van der Waals surface area contributed by atoms with Gasteiger partial charge in [0.15, 0.2) is 0 Å². The van der Waals surface area contributed by atoms with Crippen LogP contribution in [0.4, 0.5) is 0 Å².